The maximum Gasteiger partial charge on any atom is 0.325 e. The fourth-order valence-corrected chi connectivity index (χ4v) is 1.65. The van der Waals surface area contributed by atoms with Crippen molar-refractivity contribution in [2.24, 2.45) is 0 Å². The lowest BCUT2D eigenvalue weighted by atomic mass is 9.99. The number of likely N-dealkylation sites (N-methyl/N-ethyl adjacent to an activating group) is 1. The number of hydrogen-bond acceptors (Lipinski definition) is 6. The second-order valence-electron chi connectivity index (χ2n) is 4.40. The molecule has 0 spiro atoms. The third-order valence-corrected chi connectivity index (χ3v) is 3.11. The number of benzene rings is 1. The van der Waals surface area contributed by atoms with Crippen LogP contribution in [0.4, 0.5) is 5.69 Å². The summed E-state index contributed by atoms with van der Waals surface area (Å²) in [5, 5.41) is 13.7. The Morgan fingerprint density at radius 3 is 2.65 bits per heavy atom. The number of rotatable bonds is 7. The number of nitro groups is 1. The van der Waals surface area contributed by atoms with Gasteiger partial charge in [0.1, 0.15) is 5.54 Å². The number of carbonyl (C=O) groups is 1. The predicted octanol–water partition coefficient (Wildman–Crippen LogP) is 1.51. The molecule has 0 saturated heterocycles. The molecule has 0 aromatic heterocycles. The number of esters is 1. The van der Waals surface area contributed by atoms with Gasteiger partial charge in [0.05, 0.1) is 18.6 Å². The summed E-state index contributed by atoms with van der Waals surface area (Å²) < 4.78 is 10.1. The van der Waals surface area contributed by atoms with Gasteiger partial charge < -0.3 is 14.8 Å². The molecule has 1 atom stereocenters. The molecule has 0 aliphatic rings. The van der Waals surface area contributed by atoms with Crippen molar-refractivity contribution >= 4 is 11.7 Å². The fraction of sp³-hybridized carbons (Fsp3) is 0.462. The van der Waals surface area contributed by atoms with Crippen molar-refractivity contribution in [1.29, 1.82) is 0 Å². The molecular formula is C13H18N2O5. The van der Waals surface area contributed by atoms with E-state index in [0.717, 1.165) is 0 Å². The zero-order chi connectivity index (χ0) is 15.2. The number of nitro benzene ring substituents is 1. The third kappa shape index (κ3) is 3.67. The van der Waals surface area contributed by atoms with Crippen LogP contribution in [0, 0.1) is 10.1 Å². The molecule has 1 unspecified atom stereocenters. The Morgan fingerprint density at radius 2 is 2.10 bits per heavy atom. The second-order valence-corrected chi connectivity index (χ2v) is 4.40. The smallest absolute Gasteiger partial charge is 0.325 e. The largest absolute Gasteiger partial charge is 0.487 e. The lowest BCUT2D eigenvalue weighted by Crippen LogP contribution is -2.49. The van der Waals surface area contributed by atoms with Crippen LogP contribution in [0.5, 0.6) is 5.75 Å². The van der Waals surface area contributed by atoms with E-state index in [1.165, 1.54) is 19.2 Å². The van der Waals surface area contributed by atoms with E-state index in [4.69, 9.17) is 9.47 Å². The molecule has 1 N–H and O–H groups in total. The minimum Gasteiger partial charge on any atom is -0.487 e. The minimum absolute atomic E-state index is 0.100. The van der Waals surface area contributed by atoms with E-state index in [0.29, 0.717) is 6.42 Å². The summed E-state index contributed by atoms with van der Waals surface area (Å²) in [6.45, 7) is 1.83. The Bertz CT molecular complexity index is 491. The minimum atomic E-state index is -0.891. The Labute approximate surface area is 117 Å². The van der Waals surface area contributed by atoms with Gasteiger partial charge in [-0.25, -0.2) is 0 Å². The molecule has 1 aromatic carbocycles. The highest BCUT2D eigenvalue weighted by Crippen LogP contribution is 2.26. The summed E-state index contributed by atoms with van der Waals surface area (Å²) >= 11 is 0. The molecule has 20 heavy (non-hydrogen) atoms. The van der Waals surface area contributed by atoms with Crippen LogP contribution >= 0.6 is 0 Å². The summed E-state index contributed by atoms with van der Waals surface area (Å²) in [7, 11) is 2.95. The average Bonchev–Trinajstić information content (AvgIpc) is 2.46. The number of nitrogens with zero attached hydrogens (tertiary/aromatic N) is 1. The number of carbonyl (C=O) groups excluding carboxylic acids is 1. The van der Waals surface area contributed by atoms with Crippen molar-refractivity contribution in [3.8, 4) is 5.75 Å². The molecule has 0 heterocycles. The van der Waals surface area contributed by atoms with Crippen LogP contribution in [0.2, 0.25) is 0 Å². The van der Waals surface area contributed by atoms with Crippen LogP contribution in [0.15, 0.2) is 24.3 Å². The van der Waals surface area contributed by atoms with Gasteiger partial charge in [-0.2, -0.15) is 0 Å². The summed E-state index contributed by atoms with van der Waals surface area (Å²) in [6, 6.07) is 6.11. The van der Waals surface area contributed by atoms with E-state index in [1.54, 1.807) is 26.1 Å². The first-order valence-electron chi connectivity index (χ1n) is 6.08. The van der Waals surface area contributed by atoms with E-state index in [-0.39, 0.29) is 18.0 Å². The molecule has 0 fully saturated rings. The normalized spacial score (nSPS) is 13.3. The highest BCUT2D eigenvalue weighted by Gasteiger charge is 2.32. The molecule has 7 heteroatoms. The van der Waals surface area contributed by atoms with E-state index in [2.05, 4.69) is 5.32 Å². The first kappa shape index (κ1) is 15.9. The van der Waals surface area contributed by atoms with Gasteiger partial charge >= 0.3 is 11.7 Å². The first-order chi connectivity index (χ1) is 9.44. The third-order valence-electron chi connectivity index (χ3n) is 3.11. The van der Waals surface area contributed by atoms with Gasteiger partial charge in [-0.05, 0) is 20.0 Å². The van der Waals surface area contributed by atoms with Crippen molar-refractivity contribution in [1.82, 2.24) is 5.32 Å². The molecule has 1 rings (SSSR count). The first-order valence-corrected chi connectivity index (χ1v) is 6.08. The van der Waals surface area contributed by atoms with Crippen LogP contribution in [0.1, 0.15) is 13.3 Å². The zero-order valence-corrected chi connectivity index (χ0v) is 11.7. The summed E-state index contributed by atoms with van der Waals surface area (Å²) in [4.78, 5) is 22.0. The topological polar surface area (TPSA) is 90.7 Å². The molecule has 0 saturated carbocycles. The number of methoxy groups -OCH3 is 1. The molecule has 1 aromatic rings. The molecule has 7 nitrogen and oxygen atoms in total. The zero-order valence-electron chi connectivity index (χ0n) is 11.7. The highest BCUT2D eigenvalue weighted by molar-refractivity contribution is 5.80. The summed E-state index contributed by atoms with van der Waals surface area (Å²) in [5.41, 5.74) is -0.991. The Balaban J connectivity index is 2.69. The quantitative estimate of drug-likeness (QED) is 0.463. The van der Waals surface area contributed by atoms with E-state index in [1.807, 2.05) is 0 Å². The van der Waals surface area contributed by atoms with E-state index < -0.39 is 16.4 Å². The van der Waals surface area contributed by atoms with Crippen molar-refractivity contribution in [3.63, 3.8) is 0 Å². The van der Waals surface area contributed by atoms with E-state index >= 15 is 0 Å². The molecule has 0 aliphatic carbocycles. The lowest BCUT2D eigenvalue weighted by molar-refractivity contribution is -0.385. The lowest BCUT2D eigenvalue weighted by Gasteiger charge is -2.25. The predicted molar refractivity (Wildman–Crippen MR) is 72.7 cm³/mol. The molecule has 0 amide bonds. The SMILES string of the molecule is CNC(C)(CCOc1ccccc1[N+](=O)[O-])C(=O)OC. The van der Waals surface area contributed by atoms with Crippen LogP contribution in [0.3, 0.4) is 0 Å². The van der Waals surface area contributed by atoms with Gasteiger partial charge in [-0.3, -0.25) is 14.9 Å². The maximum absolute atomic E-state index is 11.6. The monoisotopic (exact) mass is 282 g/mol. The Hall–Kier alpha value is -2.15. The number of nitrogens with one attached hydrogen (secondary N) is 1. The van der Waals surface area contributed by atoms with Gasteiger partial charge in [0.15, 0.2) is 5.75 Å². The average molecular weight is 282 g/mol. The standard InChI is InChI=1S/C13H18N2O5/c1-13(14-2,12(16)19-3)8-9-20-11-7-5-4-6-10(11)15(17)18/h4-7,14H,8-9H2,1-3H3. The van der Waals surface area contributed by atoms with Crippen molar-refractivity contribution in [2.45, 2.75) is 18.9 Å². The van der Waals surface area contributed by atoms with Crippen LogP contribution in [-0.2, 0) is 9.53 Å². The summed E-state index contributed by atoms with van der Waals surface area (Å²) in [5.74, 6) is -0.230. The number of hydrogen-bond donors (Lipinski definition) is 1. The molecule has 110 valence electrons. The second kappa shape index (κ2) is 6.85. The summed E-state index contributed by atoms with van der Waals surface area (Å²) in [6.07, 6.45) is 0.322. The molecule has 0 radical (unpaired) electrons. The van der Waals surface area contributed by atoms with Gasteiger partial charge in [0, 0.05) is 12.5 Å². The van der Waals surface area contributed by atoms with Crippen molar-refractivity contribution < 1.29 is 19.2 Å². The van der Waals surface area contributed by atoms with Crippen molar-refractivity contribution in [2.75, 3.05) is 20.8 Å². The van der Waals surface area contributed by atoms with Gasteiger partial charge in [-0.15, -0.1) is 0 Å². The van der Waals surface area contributed by atoms with E-state index in [9.17, 15) is 14.9 Å². The van der Waals surface area contributed by atoms with Gasteiger partial charge in [0.2, 0.25) is 0 Å². The number of ether oxygens (including phenoxy) is 2. The molecule has 0 aliphatic heterocycles. The van der Waals surface area contributed by atoms with Gasteiger partial charge in [0.25, 0.3) is 0 Å². The fourth-order valence-electron chi connectivity index (χ4n) is 1.65. The van der Waals surface area contributed by atoms with Crippen LogP contribution in [0.25, 0.3) is 0 Å². The molecule has 0 bridgehead atoms. The van der Waals surface area contributed by atoms with Crippen molar-refractivity contribution in [3.05, 3.63) is 34.4 Å². The Kier molecular flexibility index (Phi) is 5.45. The highest BCUT2D eigenvalue weighted by atomic mass is 16.6. The Morgan fingerprint density at radius 1 is 1.45 bits per heavy atom. The molecular weight excluding hydrogens is 264 g/mol. The van der Waals surface area contributed by atoms with Crippen LogP contribution in [-0.4, -0.2) is 37.2 Å². The number of para-hydroxylation sites is 2. The van der Waals surface area contributed by atoms with Gasteiger partial charge in [-0.1, -0.05) is 12.1 Å². The van der Waals surface area contributed by atoms with Crippen LogP contribution < -0.4 is 10.1 Å². The maximum atomic E-state index is 11.6.